The van der Waals surface area contributed by atoms with Crippen molar-refractivity contribution in [3.05, 3.63) is 63.9 Å². The van der Waals surface area contributed by atoms with Gasteiger partial charge in [0.25, 0.3) is 5.56 Å². The van der Waals surface area contributed by atoms with Crippen LogP contribution in [0.15, 0.2) is 47.3 Å². The summed E-state index contributed by atoms with van der Waals surface area (Å²) < 4.78 is 40.2. The Labute approximate surface area is 142 Å². The van der Waals surface area contributed by atoms with Gasteiger partial charge in [0.15, 0.2) is 5.82 Å². The lowest BCUT2D eigenvalue weighted by Gasteiger charge is -2.14. The topological polar surface area (TPSA) is 60.9 Å². The van der Waals surface area contributed by atoms with Gasteiger partial charge in [0.2, 0.25) is 0 Å². The molecule has 7 heteroatoms. The highest BCUT2D eigenvalue weighted by Gasteiger charge is 2.34. The number of hydrogen-bond donors (Lipinski definition) is 1. The molecule has 25 heavy (non-hydrogen) atoms. The van der Waals surface area contributed by atoms with Gasteiger partial charge >= 0.3 is 6.18 Å². The minimum atomic E-state index is -4.57. The molecule has 2 N–H and O–H groups in total. The van der Waals surface area contributed by atoms with Crippen molar-refractivity contribution in [2.45, 2.75) is 26.9 Å². The van der Waals surface area contributed by atoms with Crippen LogP contribution in [0.5, 0.6) is 0 Å². The van der Waals surface area contributed by atoms with Crippen molar-refractivity contribution in [1.82, 2.24) is 9.66 Å². The maximum absolute atomic E-state index is 13.2. The zero-order chi connectivity index (χ0) is 18.8. The zero-order valence-electron chi connectivity index (χ0n) is 14.1. The highest BCUT2D eigenvalue weighted by molar-refractivity contribution is 5.81. The SMILES string of the molecule is CC.Cc1ccc2nc(-c3ccccc3C(F)(F)F)n(N)c(=O)c2c1. The molecule has 0 unspecified atom stereocenters. The first-order chi connectivity index (χ1) is 11.8. The number of nitrogen functional groups attached to an aromatic ring is 1. The van der Waals surface area contributed by atoms with Crippen LogP contribution in [0, 0.1) is 6.92 Å². The van der Waals surface area contributed by atoms with E-state index < -0.39 is 17.3 Å². The summed E-state index contributed by atoms with van der Waals surface area (Å²) in [5, 5.41) is 0.265. The summed E-state index contributed by atoms with van der Waals surface area (Å²) in [5.74, 6) is 5.49. The van der Waals surface area contributed by atoms with Gasteiger partial charge in [-0.2, -0.15) is 13.2 Å². The van der Waals surface area contributed by atoms with Crippen LogP contribution < -0.4 is 11.4 Å². The molecule has 0 aliphatic carbocycles. The summed E-state index contributed by atoms with van der Waals surface area (Å²) in [6.45, 7) is 5.80. The van der Waals surface area contributed by atoms with Crippen molar-refractivity contribution in [3.8, 4) is 11.4 Å². The number of fused-ring (bicyclic) bond motifs is 1. The Morgan fingerprint density at radius 3 is 2.36 bits per heavy atom. The van der Waals surface area contributed by atoms with Gasteiger partial charge in [-0.3, -0.25) is 4.79 Å². The van der Waals surface area contributed by atoms with E-state index >= 15 is 0 Å². The maximum Gasteiger partial charge on any atom is 0.417 e. The summed E-state index contributed by atoms with van der Waals surface area (Å²) in [5.41, 5.74) is -0.584. The Morgan fingerprint density at radius 1 is 1.08 bits per heavy atom. The third kappa shape index (κ3) is 3.50. The molecule has 1 heterocycles. The van der Waals surface area contributed by atoms with Crippen LogP contribution in [0.25, 0.3) is 22.3 Å². The summed E-state index contributed by atoms with van der Waals surface area (Å²) >= 11 is 0. The third-order valence-corrected chi connectivity index (χ3v) is 3.53. The van der Waals surface area contributed by atoms with E-state index in [4.69, 9.17) is 5.84 Å². The molecular weight excluding hydrogens is 331 g/mol. The molecule has 0 saturated heterocycles. The van der Waals surface area contributed by atoms with Gasteiger partial charge in [0, 0.05) is 5.56 Å². The molecule has 132 valence electrons. The van der Waals surface area contributed by atoms with Crippen molar-refractivity contribution >= 4 is 10.9 Å². The van der Waals surface area contributed by atoms with Crippen molar-refractivity contribution < 1.29 is 13.2 Å². The molecule has 2 aromatic carbocycles. The predicted octanol–water partition coefficient (Wildman–Crippen LogP) is 4.13. The summed E-state index contributed by atoms with van der Waals surface area (Å²) in [4.78, 5) is 16.5. The van der Waals surface area contributed by atoms with Gasteiger partial charge in [0.1, 0.15) is 0 Å². The van der Waals surface area contributed by atoms with E-state index in [1.165, 1.54) is 18.2 Å². The number of aryl methyl sites for hydroxylation is 1. The van der Waals surface area contributed by atoms with Crippen LogP contribution in [0.3, 0.4) is 0 Å². The molecule has 0 amide bonds. The number of nitrogens with two attached hydrogens (primary N) is 1. The molecule has 0 spiro atoms. The van der Waals surface area contributed by atoms with Gasteiger partial charge in [-0.05, 0) is 25.1 Å². The molecule has 1 aromatic heterocycles. The second-order valence-electron chi connectivity index (χ2n) is 5.17. The lowest BCUT2D eigenvalue weighted by Crippen LogP contribution is -2.30. The largest absolute Gasteiger partial charge is 0.417 e. The second kappa shape index (κ2) is 6.96. The Bertz CT molecular complexity index is 962. The molecular formula is C18H18F3N3O. The maximum atomic E-state index is 13.2. The van der Waals surface area contributed by atoms with Crippen molar-refractivity contribution in [1.29, 1.82) is 0 Å². The lowest BCUT2D eigenvalue weighted by molar-refractivity contribution is -0.137. The van der Waals surface area contributed by atoms with Crippen LogP contribution in [-0.4, -0.2) is 9.66 Å². The average Bonchev–Trinajstić information content (AvgIpc) is 2.59. The molecule has 0 aliphatic rings. The number of halogens is 3. The quantitative estimate of drug-likeness (QED) is 0.672. The van der Waals surface area contributed by atoms with E-state index in [1.807, 2.05) is 13.8 Å². The standard InChI is InChI=1S/C16H12F3N3O.C2H6/c1-9-6-7-13-11(8-9)15(23)22(20)14(21-13)10-4-2-3-5-12(10)16(17,18)19;1-2/h2-8H,20H2,1H3;1-2H3. The van der Waals surface area contributed by atoms with Crippen LogP contribution >= 0.6 is 0 Å². The third-order valence-electron chi connectivity index (χ3n) is 3.53. The van der Waals surface area contributed by atoms with E-state index in [-0.39, 0.29) is 16.8 Å². The van der Waals surface area contributed by atoms with Gasteiger partial charge in [-0.1, -0.05) is 43.7 Å². The summed E-state index contributed by atoms with van der Waals surface area (Å²) in [6, 6.07) is 9.81. The van der Waals surface area contributed by atoms with Crippen LogP contribution in [0.2, 0.25) is 0 Å². The average molecular weight is 349 g/mol. The number of aromatic nitrogens is 2. The zero-order valence-corrected chi connectivity index (χ0v) is 14.1. The van der Waals surface area contributed by atoms with Gasteiger partial charge in [0.05, 0.1) is 16.5 Å². The van der Waals surface area contributed by atoms with Crippen LogP contribution in [0.4, 0.5) is 13.2 Å². The van der Waals surface area contributed by atoms with Gasteiger partial charge in [-0.15, -0.1) is 0 Å². The smallest absolute Gasteiger partial charge is 0.334 e. The first-order valence-electron chi connectivity index (χ1n) is 7.74. The molecule has 0 aliphatic heterocycles. The molecule has 0 saturated carbocycles. The first-order valence-corrected chi connectivity index (χ1v) is 7.74. The Hall–Kier alpha value is -2.83. The fraction of sp³-hybridized carbons (Fsp3) is 0.222. The molecule has 0 atom stereocenters. The summed E-state index contributed by atoms with van der Waals surface area (Å²) in [7, 11) is 0. The predicted molar refractivity (Wildman–Crippen MR) is 92.7 cm³/mol. The second-order valence-corrected chi connectivity index (χ2v) is 5.17. The van der Waals surface area contributed by atoms with Crippen LogP contribution in [-0.2, 0) is 6.18 Å². The Balaban J connectivity index is 0.00000109. The first kappa shape index (κ1) is 18.5. The van der Waals surface area contributed by atoms with Gasteiger partial charge in [-0.25, -0.2) is 9.66 Å². The van der Waals surface area contributed by atoms with Crippen LogP contribution in [0.1, 0.15) is 25.0 Å². The molecule has 0 fully saturated rings. The fourth-order valence-electron chi connectivity index (χ4n) is 2.43. The van der Waals surface area contributed by atoms with Crippen molar-refractivity contribution in [2.75, 3.05) is 5.84 Å². The number of hydrogen-bond acceptors (Lipinski definition) is 3. The molecule has 3 rings (SSSR count). The Kier molecular flexibility index (Phi) is 5.15. The Morgan fingerprint density at radius 2 is 1.72 bits per heavy atom. The highest BCUT2D eigenvalue weighted by atomic mass is 19.4. The molecule has 0 bridgehead atoms. The lowest BCUT2D eigenvalue weighted by atomic mass is 10.1. The summed E-state index contributed by atoms with van der Waals surface area (Å²) in [6.07, 6.45) is -4.57. The van der Waals surface area contributed by atoms with E-state index in [9.17, 15) is 18.0 Å². The van der Waals surface area contributed by atoms with E-state index in [0.29, 0.717) is 10.2 Å². The minimum Gasteiger partial charge on any atom is -0.334 e. The van der Waals surface area contributed by atoms with Gasteiger partial charge < -0.3 is 5.84 Å². The normalized spacial score (nSPS) is 11.1. The minimum absolute atomic E-state index is 0.223. The number of nitrogens with zero attached hydrogens (tertiary/aromatic N) is 2. The molecule has 0 radical (unpaired) electrons. The monoisotopic (exact) mass is 349 g/mol. The number of benzene rings is 2. The van der Waals surface area contributed by atoms with E-state index in [2.05, 4.69) is 4.98 Å². The number of alkyl halides is 3. The van der Waals surface area contributed by atoms with Crippen molar-refractivity contribution in [3.63, 3.8) is 0 Å². The van der Waals surface area contributed by atoms with E-state index in [0.717, 1.165) is 11.6 Å². The fourth-order valence-corrected chi connectivity index (χ4v) is 2.43. The van der Waals surface area contributed by atoms with E-state index in [1.54, 1.807) is 25.1 Å². The highest BCUT2D eigenvalue weighted by Crippen LogP contribution is 2.36. The molecule has 3 aromatic rings. The van der Waals surface area contributed by atoms with Crippen molar-refractivity contribution in [2.24, 2.45) is 0 Å². The molecule has 4 nitrogen and oxygen atoms in total. The number of rotatable bonds is 1.